The van der Waals surface area contributed by atoms with E-state index in [-0.39, 0.29) is 22.9 Å². The van der Waals surface area contributed by atoms with Crippen LogP contribution in [0.15, 0.2) is 0 Å². The quantitative estimate of drug-likeness (QED) is 0.255. The van der Waals surface area contributed by atoms with Crippen molar-refractivity contribution < 1.29 is 40.8 Å². The molecule has 0 unspecified atom stereocenters. The first-order valence-electron chi connectivity index (χ1n) is 1.08. The molecule has 0 amide bonds. The first kappa shape index (κ1) is 11.5. The Kier molecular flexibility index (Phi) is 3.07. The summed E-state index contributed by atoms with van der Waals surface area (Å²) < 4.78 is 6.09. The van der Waals surface area contributed by atoms with Gasteiger partial charge in [-0.05, 0) is 0 Å². The molecule has 53 valence electrons. The average molecular weight is 188 g/mol. The molecule has 1 radical (unpaired) electrons. The molecule has 0 aromatic rings. The van der Waals surface area contributed by atoms with Gasteiger partial charge in [0.2, 0.25) is 0 Å². The Morgan fingerprint density at radius 2 is 1.12 bits per heavy atom. The SMILES string of the molecule is [Co+2].[NH4+].[O-]P1([O-])([O-])OO1. The van der Waals surface area contributed by atoms with Crippen LogP contribution in [0.5, 0.6) is 0 Å². The molecule has 1 rings (SSSR count). The van der Waals surface area contributed by atoms with Crippen LogP contribution in [0, 0.1) is 0 Å². The topological polar surface area (TPSA) is 131 Å². The number of hydrogen-bond acceptors (Lipinski definition) is 5. The molecule has 0 saturated carbocycles. The normalized spacial score (nSPS) is 32.1. The third-order valence-electron chi connectivity index (χ3n) is 0.257. The molecule has 1 aliphatic heterocycles. The average Bonchev–Trinajstić information content (AvgIpc) is 1.73. The zero-order valence-corrected chi connectivity index (χ0v) is 5.76. The maximum atomic E-state index is 9.37. The molecule has 6 nitrogen and oxygen atoms in total. The Hall–Kier alpha value is 0.696. The van der Waals surface area contributed by atoms with Gasteiger partial charge in [0.05, 0.1) is 0 Å². The zero-order valence-electron chi connectivity index (χ0n) is 3.82. The molecule has 0 atom stereocenters. The van der Waals surface area contributed by atoms with Gasteiger partial charge in [-0.1, -0.05) is 0 Å². The first-order valence-corrected chi connectivity index (χ1v) is 2.91. The van der Waals surface area contributed by atoms with E-state index >= 15 is 0 Å². The second-order valence-electron chi connectivity index (χ2n) is 0.894. The van der Waals surface area contributed by atoms with E-state index in [1.807, 2.05) is 0 Å². The van der Waals surface area contributed by atoms with Gasteiger partial charge in [0, 0.05) is 0 Å². The van der Waals surface area contributed by atoms with Crippen LogP contribution >= 0.6 is 7.74 Å². The van der Waals surface area contributed by atoms with Gasteiger partial charge in [0.1, 0.15) is 0 Å². The zero-order chi connectivity index (χ0) is 4.86. The Balaban J connectivity index is 0. The van der Waals surface area contributed by atoms with Crippen molar-refractivity contribution in [3.63, 3.8) is 0 Å². The molecular weight excluding hydrogens is 184 g/mol. The monoisotopic (exact) mass is 188 g/mol. The van der Waals surface area contributed by atoms with Crippen molar-refractivity contribution in [2.24, 2.45) is 0 Å². The second kappa shape index (κ2) is 2.14. The maximum absolute atomic E-state index is 9.37. The van der Waals surface area contributed by atoms with Crippen LogP contribution in [-0.2, 0) is 26.1 Å². The van der Waals surface area contributed by atoms with E-state index in [1.165, 1.54) is 0 Å². The molecule has 1 aliphatic rings. The molecule has 0 aromatic heterocycles. The van der Waals surface area contributed by atoms with E-state index in [0.29, 0.717) is 0 Å². The molecule has 8 heteroatoms. The number of rotatable bonds is 0. The predicted octanol–water partition coefficient (Wildman–Crippen LogP) is -2.47. The fraction of sp³-hybridized carbons (Fsp3) is 0. The summed E-state index contributed by atoms with van der Waals surface area (Å²) in [6, 6.07) is 0. The summed E-state index contributed by atoms with van der Waals surface area (Å²) in [6.45, 7) is 0. The van der Waals surface area contributed by atoms with Crippen LogP contribution in [0.2, 0.25) is 0 Å². The third kappa shape index (κ3) is 3.67. The summed E-state index contributed by atoms with van der Waals surface area (Å²) in [5.41, 5.74) is 0. The predicted molar refractivity (Wildman–Crippen MR) is 15.1 cm³/mol. The van der Waals surface area contributed by atoms with Crippen molar-refractivity contribution >= 4 is 7.74 Å². The minimum absolute atomic E-state index is 0. The van der Waals surface area contributed by atoms with E-state index in [4.69, 9.17) is 0 Å². The summed E-state index contributed by atoms with van der Waals surface area (Å²) in [7, 11) is -5.55. The summed E-state index contributed by atoms with van der Waals surface area (Å²) in [6.07, 6.45) is 0. The van der Waals surface area contributed by atoms with Gasteiger partial charge in [-0.2, -0.15) is 0 Å². The molecular formula is H4CoNO5P. The molecule has 8 heavy (non-hydrogen) atoms. The Morgan fingerprint density at radius 3 is 1.12 bits per heavy atom. The molecule has 1 fully saturated rings. The Labute approximate surface area is 55.5 Å². The van der Waals surface area contributed by atoms with Gasteiger partial charge < -0.3 is 6.15 Å². The van der Waals surface area contributed by atoms with Crippen molar-refractivity contribution in [1.82, 2.24) is 6.15 Å². The van der Waals surface area contributed by atoms with Crippen molar-refractivity contribution in [3.05, 3.63) is 0 Å². The number of quaternary nitrogens is 1. The van der Waals surface area contributed by atoms with Gasteiger partial charge >= 0.3 is 48.5 Å². The van der Waals surface area contributed by atoms with Crippen LogP contribution in [0.3, 0.4) is 0 Å². The summed E-state index contributed by atoms with van der Waals surface area (Å²) >= 11 is 0. The Bertz CT molecular complexity index is 76.2. The van der Waals surface area contributed by atoms with E-state index in [2.05, 4.69) is 9.35 Å². The molecule has 1 heterocycles. The fourth-order valence-electron chi connectivity index (χ4n) is 0.0408. The second-order valence-corrected chi connectivity index (χ2v) is 2.68. The van der Waals surface area contributed by atoms with E-state index < -0.39 is 7.74 Å². The van der Waals surface area contributed by atoms with Crippen molar-refractivity contribution in [2.75, 3.05) is 0 Å². The van der Waals surface area contributed by atoms with E-state index in [1.54, 1.807) is 0 Å². The molecule has 1 saturated heterocycles. The molecule has 0 aliphatic carbocycles. The minimum atomic E-state index is -5.55. The molecule has 0 spiro atoms. The van der Waals surface area contributed by atoms with Crippen LogP contribution in [0.4, 0.5) is 0 Å². The summed E-state index contributed by atoms with van der Waals surface area (Å²) in [4.78, 5) is 28.1. The van der Waals surface area contributed by atoms with Crippen molar-refractivity contribution in [1.29, 1.82) is 0 Å². The van der Waals surface area contributed by atoms with Gasteiger partial charge in [-0.25, -0.2) is 0 Å². The van der Waals surface area contributed by atoms with E-state index in [9.17, 15) is 14.7 Å². The summed E-state index contributed by atoms with van der Waals surface area (Å²) in [5.74, 6) is 0. The first-order chi connectivity index (χ1) is 2.47. The Morgan fingerprint density at radius 1 is 1.00 bits per heavy atom. The van der Waals surface area contributed by atoms with Crippen molar-refractivity contribution in [2.45, 2.75) is 0 Å². The summed E-state index contributed by atoms with van der Waals surface area (Å²) in [5, 5.41) is 0. The van der Waals surface area contributed by atoms with Crippen molar-refractivity contribution in [3.8, 4) is 0 Å². The fourth-order valence-corrected chi connectivity index (χ4v) is 0.367. The molecule has 0 bridgehead atoms. The van der Waals surface area contributed by atoms with Crippen LogP contribution in [0.1, 0.15) is 0 Å². The van der Waals surface area contributed by atoms with Gasteiger partial charge in [-0.3, -0.25) is 0 Å². The third-order valence-corrected chi connectivity index (χ3v) is 0.771. The van der Waals surface area contributed by atoms with Crippen LogP contribution in [-0.4, -0.2) is 0 Å². The number of hydrogen-bond donors (Lipinski definition) is 1. The van der Waals surface area contributed by atoms with Gasteiger partial charge in [-0.15, -0.1) is 0 Å². The standard InChI is InChI=1S/Co.H3N.O5P/c;;1-6(2,3)4-5-6/h;1H3;/q+2;;-3/p+1. The van der Waals surface area contributed by atoms with E-state index in [0.717, 1.165) is 0 Å². The molecule has 4 N–H and O–H groups in total. The van der Waals surface area contributed by atoms with Crippen LogP contribution < -0.4 is 20.8 Å². The molecule has 0 aromatic carbocycles. The van der Waals surface area contributed by atoms with Gasteiger partial charge in [0.25, 0.3) is 0 Å². The van der Waals surface area contributed by atoms with Gasteiger partial charge in [0.15, 0.2) is 0 Å². The van der Waals surface area contributed by atoms with Crippen LogP contribution in [0.25, 0.3) is 0 Å².